The summed E-state index contributed by atoms with van der Waals surface area (Å²) in [6, 6.07) is 1.71. The molecular weight excluding hydrogens is 240 g/mol. The van der Waals surface area contributed by atoms with E-state index in [2.05, 4.69) is 9.82 Å². The standard InChI is InChI=1S/C10H18N4O2S/c1-14-10(6-7-12-14)17(15,16)13-9-4-2-8(11)3-5-9/h6-9,13H,2-5,11H2,1H3. The highest BCUT2D eigenvalue weighted by molar-refractivity contribution is 7.89. The van der Waals surface area contributed by atoms with E-state index in [1.54, 1.807) is 7.05 Å². The van der Waals surface area contributed by atoms with Crippen molar-refractivity contribution in [2.24, 2.45) is 12.8 Å². The first-order valence-corrected chi connectivity index (χ1v) is 7.23. The second-order valence-corrected chi connectivity index (χ2v) is 6.19. The van der Waals surface area contributed by atoms with Gasteiger partial charge in [0.05, 0.1) is 6.20 Å². The highest BCUT2D eigenvalue weighted by atomic mass is 32.2. The van der Waals surface area contributed by atoms with E-state index in [-0.39, 0.29) is 17.1 Å². The zero-order valence-electron chi connectivity index (χ0n) is 9.83. The van der Waals surface area contributed by atoms with Crippen LogP contribution in [0.4, 0.5) is 0 Å². The van der Waals surface area contributed by atoms with Crippen LogP contribution in [0.2, 0.25) is 0 Å². The molecular formula is C10H18N4O2S. The number of sulfonamides is 1. The van der Waals surface area contributed by atoms with Gasteiger partial charge in [0.15, 0.2) is 5.03 Å². The first kappa shape index (κ1) is 12.5. The number of aromatic nitrogens is 2. The molecule has 2 rings (SSSR count). The van der Waals surface area contributed by atoms with Gasteiger partial charge in [0.1, 0.15) is 0 Å². The van der Waals surface area contributed by atoms with E-state index < -0.39 is 10.0 Å². The van der Waals surface area contributed by atoms with E-state index in [1.807, 2.05) is 0 Å². The molecule has 1 aliphatic carbocycles. The monoisotopic (exact) mass is 258 g/mol. The molecule has 0 atom stereocenters. The number of hydrogen-bond acceptors (Lipinski definition) is 4. The van der Waals surface area contributed by atoms with Gasteiger partial charge >= 0.3 is 0 Å². The van der Waals surface area contributed by atoms with Crippen LogP contribution in [0.1, 0.15) is 25.7 Å². The van der Waals surface area contributed by atoms with E-state index in [9.17, 15) is 8.42 Å². The predicted octanol–water partition coefficient (Wildman–Crippen LogP) is -0.0317. The van der Waals surface area contributed by atoms with Crippen molar-refractivity contribution in [3.8, 4) is 0 Å². The Labute approximate surface area is 101 Å². The second kappa shape index (κ2) is 4.75. The molecule has 1 saturated carbocycles. The maximum Gasteiger partial charge on any atom is 0.257 e. The summed E-state index contributed by atoms with van der Waals surface area (Å²) < 4.78 is 28.2. The lowest BCUT2D eigenvalue weighted by Gasteiger charge is -2.26. The van der Waals surface area contributed by atoms with Crippen molar-refractivity contribution >= 4 is 10.0 Å². The van der Waals surface area contributed by atoms with Crippen LogP contribution >= 0.6 is 0 Å². The fourth-order valence-electron chi connectivity index (χ4n) is 2.14. The largest absolute Gasteiger partial charge is 0.328 e. The highest BCUT2D eigenvalue weighted by Gasteiger charge is 2.25. The van der Waals surface area contributed by atoms with Gasteiger partial charge < -0.3 is 5.73 Å². The number of nitrogens with one attached hydrogen (secondary N) is 1. The smallest absolute Gasteiger partial charge is 0.257 e. The molecule has 3 N–H and O–H groups in total. The van der Waals surface area contributed by atoms with Gasteiger partial charge in [-0.1, -0.05) is 0 Å². The summed E-state index contributed by atoms with van der Waals surface area (Å²) in [5.41, 5.74) is 5.79. The Bertz CT molecular complexity index is 474. The molecule has 0 aliphatic heterocycles. The maximum absolute atomic E-state index is 12.1. The van der Waals surface area contributed by atoms with Gasteiger partial charge in [-0.15, -0.1) is 0 Å². The number of hydrogen-bond donors (Lipinski definition) is 2. The third kappa shape index (κ3) is 2.85. The summed E-state index contributed by atoms with van der Waals surface area (Å²) in [5.74, 6) is 0. The van der Waals surface area contributed by atoms with E-state index in [0.29, 0.717) is 0 Å². The summed E-state index contributed by atoms with van der Waals surface area (Å²) in [6.07, 6.45) is 4.83. The quantitative estimate of drug-likeness (QED) is 0.796. The Balaban J connectivity index is 2.06. The molecule has 6 nitrogen and oxygen atoms in total. The Kier molecular flexibility index (Phi) is 3.50. The van der Waals surface area contributed by atoms with Gasteiger partial charge in [0, 0.05) is 19.1 Å². The van der Waals surface area contributed by atoms with Crippen LogP contribution in [-0.4, -0.2) is 30.3 Å². The van der Waals surface area contributed by atoms with Gasteiger partial charge in [0.25, 0.3) is 10.0 Å². The third-order valence-electron chi connectivity index (χ3n) is 3.14. The third-order valence-corrected chi connectivity index (χ3v) is 4.74. The topological polar surface area (TPSA) is 90.0 Å². The number of aryl methyl sites for hydroxylation is 1. The Morgan fingerprint density at radius 3 is 2.59 bits per heavy atom. The van der Waals surface area contributed by atoms with Crippen LogP contribution in [0.3, 0.4) is 0 Å². The SMILES string of the molecule is Cn1nccc1S(=O)(=O)NC1CCC(N)CC1. The molecule has 0 radical (unpaired) electrons. The molecule has 0 unspecified atom stereocenters. The van der Waals surface area contributed by atoms with Gasteiger partial charge in [-0.3, -0.25) is 4.68 Å². The molecule has 0 spiro atoms. The molecule has 17 heavy (non-hydrogen) atoms. The summed E-state index contributed by atoms with van der Waals surface area (Å²) >= 11 is 0. The molecule has 1 fully saturated rings. The van der Waals surface area contributed by atoms with Gasteiger partial charge in [-0.25, -0.2) is 13.1 Å². The van der Waals surface area contributed by atoms with E-state index in [4.69, 9.17) is 5.73 Å². The zero-order chi connectivity index (χ0) is 12.5. The van der Waals surface area contributed by atoms with Crippen LogP contribution in [0, 0.1) is 0 Å². The van der Waals surface area contributed by atoms with E-state index in [1.165, 1.54) is 16.9 Å². The molecule has 0 amide bonds. The minimum Gasteiger partial charge on any atom is -0.328 e. The lowest BCUT2D eigenvalue weighted by Crippen LogP contribution is -2.40. The van der Waals surface area contributed by atoms with Gasteiger partial charge in [-0.2, -0.15) is 5.10 Å². The van der Waals surface area contributed by atoms with Crippen LogP contribution in [0.15, 0.2) is 17.3 Å². The Hall–Kier alpha value is -0.920. The van der Waals surface area contributed by atoms with Crippen molar-refractivity contribution < 1.29 is 8.42 Å². The zero-order valence-corrected chi connectivity index (χ0v) is 10.7. The first-order chi connectivity index (χ1) is 7.99. The summed E-state index contributed by atoms with van der Waals surface area (Å²) in [7, 11) is -1.84. The first-order valence-electron chi connectivity index (χ1n) is 5.75. The fourth-order valence-corrected chi connectivity index (χ4v) is 3.57. The van der Waals surface area contributed by atoms with Crippen molar-refractivity contribution in [3.05, 3.63) is 12.3 Å². The number of nitrogens with zero attached hydrogens (tertiary/aromatic N) is 2. The van der Waals surface area contributed by atoms with E-state index >= 15 is 0 Å². The molecule has 1 aliphatic rings. The van der Waals surface area contributed by atoms with Crippen LogP contribution in [-0.2, 0) is 17.1 Å². The number of nitrogens with two attached hydrogens (primary N) is 1. The van der Waals surface area contributed by atoms with Crippen molar-refractivity contribution in [2.75, 3.05) is 0 Å². The van der Waals surface area contributed by atoms with Crippen molar-refractivity contribution in [2.45, 2.75) is 42.8 Å². The fraction of sp³-hybridized carbons (Fsp3) is 0.700. The van der Waals surface area contributed by atoms with Gasteiger partial charge in [0.2, 0.25) is 0 Å². The molecule has 0 aromatic carbocycles. The summed E-state index contributed by atoms with van der Waals surface area (Å²) in [6.45, 7) is 0. The molecule has 7 heteroatoms. The molecule has 0 bridgehead atoms. The molecule has 1 aromatic heterocycles. The van der Waals surface area contributed by atoms with Crippen molar-refractivity contribution in [1.82, 2.24) is 14.5 Å². The molecule has 1 aromatic rings. The Morgan fingerprint density at radius 2 is 2.06 bits per heavy atom. The molecule has 1 heterocycles. The van der Waals surface area contributed by atoms with Crippen molar-refractivity contribution in [1.29, 1.82) is 0 Å². The molecule has 96 valence electrons. The maximum atomic E-state index is 12.1. The van der Waals surface area contributed by atoms with Crippen LogP contribution in [0.25, 0.3) is 0 Å². The summed E-state index contributed by atoms with van der Waals surface area (Å²) in [4.78, 5) is 0. The minimum atomic E-state index is -3.46. The van der Waals surface area contributed by atoms with Crippen LogP contribution in [0.5, 0.6) is 0 Å². The Morgan fingerprint density at radius 1 is 1.41 bits per heavy atom. The highest BCUT2D eigenvalue weighted by Crippen LogP contribution is 2.19. The number of rotatable bonds is 3. The average Bonchev–Trinajstić information content (AvgIpc) is 2.68. The summed E-state index contributed by atoms with van der Waals surface area (Å²) in [5, 5.41) is 4.07. The van der Waals surface area contributed by atoms with Gasteiger partial charge in [-0.05, 0) is 31.7 Å². The minimum absolute atomic E-state index is 0.00491. The lowest BCUT2D eigenvalue weighted by molar-refractivity contribution is 0.373. The average molecular weight is 258 g/mol. The molecule has 0 saturated heterocycles. The van der Waals surface area contributed by atoms with Crippen molar-refractivity contribution in [3.63, 3.8) is 0 Å². The van der Waals surface area contributed by atoms with Crippen LogP contribution < -0.4 is 10.5 Å². The van der Waals surface area contributed by atoms with E-state index in [0.717, 1.165) is 25.7 Å². The normalized spacial score (nSPS) is 26.0. The lowest BCUT2D eigenvalue weighted by atomic mass is 9.93. The predicted molar refractivity (Wildman–Crippen MR) is 63.8 cm³/mol. The second-order valence-electron chi connectivity index (χ2n) is 4.53.